The molecule has 39 heavy (non-hydrogen) atoms. The molecule has 0 saturated carbocycles. The van der Waals surface area contributed by atoms with Crippen molar-refractivity contribution < 1.29 is 35.8 Å². The molecule has 0 aromatic heterocycles. The summed E-state index contributed by atoms with van der Waals surface area (Å²) >= 11 is 0. The van der Waals surface area contributed by atoms with Crippen molar-refractivity contribution in [2.45, 2.75) is 31.6 Å². The smallest absolute Gasteiger partial charge is 0.411 e. The fraction of sp³-hybridized carbons (Fsp3) is 0.172. The normalized spacial score (nSPS) is 12.3. The third kappa shape index (κ3) is 5.32. The minimum absolute atomic E-state index is 0.0854. The lowest BCUT2D eigenvalue weighted by atomic mass is 9.72. The lowest BCUT2D eigenvalue weighted by Gasteiger charge is -2.38. The van der Waals surface area contributed by atoms with Gasteiger partial charge in [-0.2, -0.15) is 26.3 Å². The molecule has 4 aromatic carbocycles. The Balaban J connectivity index is 1.80. The third-order valence-electron chi connectivity index (χ3n) is 6.28. The van der Waals surface area contributed by atoms with Gasteiger partial charge in [0.25, 0.3) is 0 Å². The number of nitrogen functional groups attached to an aromatic ring is 2. The summed E-state index contributed by atoms with van der Waals surface area (Å²) in [5, 5.41) is 0. The number of nitrogens with two attached hydrogens (primary N) is 2. The molecule has 204 valence electrons. The van der Waals surface area contributed by atoms with E-state index < -0.39 is 28.9 Å². The molecule has 0 radical (unpaired) electrons. The van der Waals surface area contributed by atoms with Gasteiger partial charge in [-0.3, -0.25) is 0 Å². The molecule has 4 rings (SSSR count). The Morgan fingerprint density at radius 3 is 1.13 bits per heavy atom. The number of aryl methyl sites for hydroxylation is 2. The first kappa shape index (κ1) is 27.7. The lowest BCUT2D eigenvalue weighted by Crippen LogP contribution is -2.54. The number of halogens is 6. The number of rotatable bonds is 6. The van der Waals surface area contributed by atoms with Crippen LogP contribution in [0, 0.1) is 13.8 Å². The second-order valence-electron chi connectivity index (χ2n) is 9.05. The first-order chi connectivity index (χ1) is 18.2. The first-order valence-corrected chi connectivity index (χ1v) is 11.6. The van der Waals surface area contributed by atoms with Crippen LogP contribution < -0.4 is 20.9 Å². The summed E-state index contributed by atoms with van der Waals surface area (Å²) in [5.41, 5.74) is 6.09. The predicted octanol–water partition coefficient (Wildman–Crippen LogP) is 8.46. The maximum absolute atomic E-state index is 14.7. The van der Waals surface area contributed by atoms with Crippen molar-refractivity contribution in [2.75, 3.05) is 11.5 Å². The van der Waals surface area contributed by atoms with Crippen molar-refractivity contribution >= 4 is 11.4 Å². The molecule has 0 bridgehead atoms. The van der Waals surface area contributed by atoms with Gasteiger partial charge in [0.1, 0.15) is 23.0 Å². The minimum Gasteiger partial charge on any atom is -0.457 e. The molecular formula is C29H24F6N2O2. The highest BCUT2D eigenvalue weighted by Gasteiger charge is 2.72. The third-order valence-corrected chi connectivity index (χ3v) is 6.28. The molecule has 0 amide bonds. The van der Waals surface area contributed by atoms with Gasteiger partial charge in [0, 0.05) is 11.4 Å². The van der Waals surface area contributed by atoms with Gasteiger partial charge < -0.3 is 20.9 Å². The molecule has 0 spiro atoms. The molecule has 4 nitrogen and oxygen atoms in total. The highest BCUT2D eigenvalue weighted by Crippen LogP contribution is 2.57. The van der Waals surface area contributed by atoms with Gasteiger partial charge in [-0.25, -0.2) is 0 Å². The largest absolute Gasteiger partial charge is 0.457 e. The summed E-state index contributed by atoms with van der Waals surface area (Å²) in [7, 11) is 0. The topological polar surface area (TPSA) is 70.5 Å². The van der Waals surface area contributed by atoms with Crippen molar-refractivity contribution in [1.29, 1.82) is 0 Å². The summed E-state index contributed by atoms with van der Waals surface area (Å²) in [6.07, 6.45) is -11.5. The van der Waals surface area contributed by atoms with Crippen LogP contribution in [0.2, 0.25) is 0 Å². The van der Waals surface area contributed by atoms with Crippen LogP contribution in [0.15, 0.2) is 84.9 Å². The summed E-state index contributed by atoms with van der Waals surface area (Å²) in [6, 6.07) is 17.8. The zero-order valence-electron chi connectivity index (χ0n) is 20.8. The van der Waals surface area contributed by atoms with Crippen LogP contribution in [-0.2, 0) is 5.41 Å². The van der Waals surface area contributed by atoms with E-state index in [1.54, 1.807) is 24.3 Å². The van der Waals surface area contributed by atoms with Crippen molar-refractivity contribution in [3.05, 3.63) is 107 Å². The number of ether oxygens (including phenoxy) is 2. The Morgan fingerprint density at radius 1 is 0.513 bits per heavy atom. The van der Waals surface area contributed by atoms with E-state index in [1.165, 1.54) is 38.1 Å². The zero-order chi connectivity index (χ0) is 28.6. The second-order valence-corrected chi connectivity index (χ2v) is 9.05. The van der Waals surface area contributed by atoms with E-state index in [-0.39, 0.29) is 22.6 Å². The van der Waals surface area contributed by atoms with Crippen LogP contribution in [-0.4, -0.2) is 12.4 Å². The van der Waals surface area contributed by atoms with E-state index in [0.29, 0.717) is 22.9 Å². The number of benzene rings is 4. The molecule has 0 aliphatic carbocycles. The standard InChI is InChI=1S/C29H24F6N2O2/c1-17-15-19(3-13-25(17)38-23-9-5-21(36)6-10-23)27(28(30,31)32,29(33,34)35)20-4-14-26(18(2)16-20)39-24-11-7-22(37)8-12-24/h3-16H,36-37H2,1-2H3. The molecule has 0 fully saturated rings. The molecule has 10 heteroatoms. The van der Waals surface area contributed by atoms with Gasteiger partial charge in [-0.15, -0.1) is 0 Å². The van der Waals surface area contributed by atoms with Crippen LogP contribution in [0.3, 0.4) is 0 Å². The van der Waals surface area contributed by atoms with Gasteiger partial charge in [-0.05, 0) is 96.8 Å². The fourth-order valence-electron chi connectivity index (χ4n) is 4.30. The van der Waals surface area contributed by atoms with Crippen molar-refractivity contribution in [1.82, 2.24) is 0 Å². The molecule has 0 atom stereocenters. The van der Waals surface area contributed by atoms with Crippen LogP contribution in [0.4, 0.5) is 37.7 Å². The molecule has 0 aliphatic rings. The number of anilines is 2. The van der Waals surface area contributed by atoms with Crippen LogP contribution in [0.5, 0.6) is 23.0 Å². The fourth-order valence-corrected chi connectivity index (χ4v) is 4.30. The monoisotopic (exact) mass is 546 g/mol. The molecular weight excluding hydrogens is 522 g/mol. The van der Waals surface area contributed by atoms with Crippen LogP contribution in [0.25, 0.3) is 0 Å². The summed E-state index contributed by atoms with van der Waals surface area (Å²) in [6.45, 7) is 2.75. The summed E-state index contributed by atoms with van der Waals surface area (Å²) < 4.78 is 99.4. The number of hydrogen-bond acceptors (Lipinski definition) is 4. The molecule has 4 N–H and O–H groups in total. The zero-order valence-corrected chi connectivity index (χ0v) is 20.8. The minimum atomic E-state index is -5.73. The summed E-state index contributed by atoms with van der Waals surface area (Å²) in [5.74, 6) is 0.853. The van der Waals surface area contributed by atoms with Crippen molar-refractivity contribution in [2.24, 2.45) is 0 Å². The van der Waals surface area contributed by atoms with Gasteiger partial charge in [0.15, 0.2) is 0 Å². The maximum Gasteiger partial charge on any atom is 0.411 e. The SMILES string of the molecule is Cc1cc(C(c2ccc(Oc3ccc(N)cc3)c(C)c2)(C(F)(F)F)C(F)(F)F)ccc1Oc1ccc(N)cc1. The molecule has 4 aromatic rings. The van der Waals surface area contributed by atoms with E-state index in [2.05, 4.69) is 0 Å². The van der Waals surface area contributed by atoms with E-state index in [9.17, 15) is 26.3 Å². The Labute approximate surface area is 220 Å². The molecule has 0 aliphatic heterocycles. The van der Waals surface area contributed by atoms with Crippen LogP contribution >= 0.6 is 0 Å². The molecule has 0 heterocycles. The number of hydrogen-bond donors (Lipinski definition) is 2. The Kier molecular flexibility index (Phi) is 7.16. The van der Waals surface area contributed by atoms with Crippen molar-refractivity contribution in [3.63, 3.8) is 0 Å². The average molecular weight is 547 g/mol. The molecule has 0 saturated heterocycles. The van der Waals surface area contributed by atoms with Crippen LogP contribution in [0.1, 0.15) is 22.3 Å². The van der Waals surface area contributed by atoms with E-state index in [0.717, 1.165) is 36.4 Å². The highest BCUT2D eigenvalue weighted by atomic mass is 19.4. The van der Waals surface area contributed by atoms with Gasteiger partial charge in [0.2, 0.25) is 5.41 Å². The summed E-state index contributed by atoms with van der Waals surface area (Å²) in [4.78, 5) is 0. The first-order valence-electron chi connectivity index (χ1n) is 11.6. The Morgan fingerprint density at radius 2 is 0.846 bits per heavy atom. The quantitative estimate of drug-likeness (QED) is 0.188. The van der Waals surface area contributed by atoms with Gasteiger partial charge >= 0.3 is 12.4 Å². The highest BCUT2D eigenvalue weighted by molar-refractivity contribution is 5.53. The Bertz CT molecular complexity index is 1350. The van der Waals surface area contributed by atoms with E-state index >= 15 is 0 Å². The van der Waals surface area contributed by atoms with Gasteiger partial charge in [0.05, 0.1) is 0 Å². The lowest BCUT2D eigenvalue weighted by molar-refractivity contribution is -0.288. The van der Waals surface area contributed by atoms with Crippen molar-refractivity contribution in [3.8, 4) is 23.0 Å². The maximum atomic E-state index is 14.7. The molecule has 0 unspecified atom stereocenters. The van der Waals surface area contributed by atoms with Gasteiger partial charge in [-0.1, -0.05) is 24.3 Å². The van der Waals surface area contributed by atoms with E-state index in [4.69, 9.17) is 20.9 Å². The Hall–Kier alpha value is -4.34. The average Bonchev–Trinajstić information content (AvgIpc) is 2.84. The van der Waals surface area contributed by atoms with E-state index in [1.807, 2.05) is 0 Å². The number of alkyl halides is 6. The predicted molar refractivity (Wildman–Crippen MR) is 137 cm³/mol. The second kappa shape index (κ2) is 10.1.